The average Bonchev–Trinajstić information content (AvgIpc) is 2.64. The minimum atomic E-state index is 0.123. The first kappa shape index (κ1) is 16.8. The number of fused-ring (bicyclic) bond motifs is 4. The van der Waals surface area contributed by atoms with Crippen molar-refractivity contribution < 1.29 is 0 Å². The molecule has 3 heterocycles. The number of piperidine rings is 1. The SMILES string of the molecule is CC=Cc1ccc(=O)n2c1[C@H]1C[C@@H](CN(Cc3cccc(C#N)c3)C1)C2. The summed E-state index contributed by atoms with van der Waals surface area (Å²) in [5, 5.41) is 9.11. The van der Waals surface area contributed by atoms with Crippen LogP contribution in [0.5, 0.6) is 0 Å². The van der Waals surface area contributed by atoms with Gasteiger partial charge in [0.2, 0.25) is 0 Å². The molecule has 2 bridgehead atoms. The second kappa shape index (κ2) is 6.93. The molecule has 0 amide bonds. The van der Waals surface area contributed by atoms with Crippen LogP contribution in [0.25, 0.3) is 6.08 Å². The second-order valence-corrected chi connectivity index (χ2v) is 7.43. The first-order valence-electron chi connectivity index (χ1n) is 9.25. The molecule has 2 atom stereocenters. The molecule has 0 aliphatic carbocycles. The maximum absolute atomic E-state index is 12.4. The van der Waals surface area contributed by atoms with Crippen LogP contribution in [0.15, 0.2) is 47.3 Å². The molecule has 0 saturated carbocycles. The molecule has 2 aromatic rings. The highest BCUT2D eigenvalue weighted by Gasteiger charge is 2.35. The van der Waals surface area contributed by atoms with E-state index < -0.39 is 0 Å². The van der Waals surface area contributed by atoms with Crippen molar-refractivity contribution >= 4 is 6.08 Å². The zero-order valence-corrected chi connectivity index (χ0v) is 15.1. The van der Waals surface area contributed by atoms with E-state index in [9.17, 15) is 4.79 Å². The van der Waals surface area contributed by atoms with Gasteiger partial charge in [-0.2, -0.15) is 5.26 Å². The Labute approximate surface area is 154 Å². The van der Waals surface area contributed by atoms with Crippen LogP contribution in [0.2, 0.25) is 0 Å². The monoisotopic (exact) mass is 345 g/mol. The number of hydrogen-bond donors (Lipinski definition) is 0. The fraction of sp³-hybridized carbons (Fsp3) is 0.364. The van der Waals surface area contributed by atoms with Gasteiger partial charge in [0.25, 0.3) is 5.56 Å². The van der Waals surface area contributed by atoms with Crippen LogP contribution in [0, 0.1) is 17.2 Å². The zero-order valence-electron chi connectivity index (χ0n) is 15.1. The summed E-state index contributed by atoms with van der Waals surface area (Å²) in [5.41, 5.74) is 4.39. The molecular formula is C22H23N3O. The number of allylic oxidation sites excluding steroid dienone is 1. The average molecular weight is 345 g/mol. The van der Waals surface area contributed by atoms with Gasteiger partial charge in [0, 0.05) is 43.9 Å². The van der Waals surface area contributed by atoms with Crippen molar-refractivity contribution in [3.63, 3.8) is 0 Å². The number of rotatable bonds is 3. The highest BCUT2D eigenvalue weighted by Crippen LogP contribution is 2.37. The van der Waals surface area contributed by atoms with Gasteiger partial charge in [-0.25, -0.2) is 0 Å². The van der Waals surface area contributed by atoms with E-state index in [1.807, 2.05) is 41.8 Å². The molecule has 0 unspecified atom stereocenters. The molecule has 1 aromatic heterocycles. The summed E-state index contributed by atoms with van der Waals surface area (Å²) in [5.74, 6) is 0.903. The Balaban J connectivity index is 1.63. The Morgan fingerprint density at radius 3 is 2.92 bits per heavy atom. The fourth-order valence-electron chi connectivity index (χ4n) is 4.59. The van der Waals surface area contributed by atoms with Crippen molar-refractivity contribution in [2.75, 3.05) is 13.1 Å². The maximum Gasteiger partial charge on any atom is 0.250 e. The van der Waals surface area contributed by atoms with Gasteiger partial charge in [-0.15, -0.1) is 0 Å². The number of pyridine rings is 1. The smallest absolute Gasteiger partial charge is 0.250 e. The third-order valence-electron chi connectivity index (χ3n) is 5.51. The van der Waals surface area contributed by atoms with Gasteiger partial charge in [0.05, 0.1) is 11.6 Å². The van der Waals surface area contributed by atoms with Crippen LogP contribution >= 0.6 is 0 Å². The third-order valence-corrected chi connectivity index (χ3v) is 5.51. The summed E-state index contributed by atoms with van der Waals surface area (Å²) < 4.78 is 2.00. The van der Waals surface area contributed by atoms with Crippen LogP contribution in [0.1, 0.15) is 41.6 Å². The predicted octanol–water partition coefficient (Wildman–Crippen LogP) is 3.37. The first-order valence-corrected chi connectivity index (χ1v) is 9.25. The summed E-state index contributed by atoms with van der Waals surface area (Å²) in [6, 6.07) is 13.8. The summed E-state index contributed by atoms with van der Waals surface area (Å²) in [4.78, 5) is 14.9. The second-order valence-electron chi connectivity index (χ2n) is 7.43. The summed E-state index contributed by atoms with van der Waals surface area (Å²) in [6.45, 7) is 5.65. The van der Waals surface area contributed by atoms with E-state index in [0.29, 0.717) is 17.4 Å². The number of nitriles is 1. The molecule has 1 saturated heterocycles. The van der Waals surface area contributed by atoms with E-state index in [0.717, 1.165) is 32.6 Å². The van der Waals surface area contributed by atoms with Crippen molar-refractivity contribution in [1.29, 1.82) is 5.26 Å². The lowest BCUT2D eigenvalue weighted by molar-refractivity contribution is 0.114. The van der Waals surface area contributed by atoms with Crippen LogP contribution in [-0.4, -0.2) is 22.6 Å². The molecule has 1 aromatic carbocycles. The van der Waals surface area contributed by atoms with Crippen LogP contribution in [0.3, 0.4) is 0 Å². The van der Waals surface area contributed by atoms with E-state index in [-0.39, 0.29) is 5.56 Å². The van der Waals surface area contributed by atoms with Gasteiger partial charge in [-0.05, 0) is 48.6 Å². The van der Waals surface area contributed by atoms with Crippen molar-refractivity contribution in [3.8, 4) is 6.07 Å². The quantitative estimate of drug-likeness (QED) is 0.857. The Hall–Kier alpha value is -2.64. The molecular weight excluding hydrogens is 322 g/mol. The van der Waals surface area contributed by atoms with E-state index in [1.54, 1.807) is 6.07 Å². The summed E-state index contributed by atoms with van der Waals surface area (Å²) in [7, 11) is 0. The molecule has 0 N–H and O–H groups in total. The lowest BCUT2D eigenvalue weighted by atomic mass is 9.81. The Morgan fingerprint density at radius 1 is 1.23 bits per heavy atom. The molecule has 132 valence electrons. The number of aromatic nitrogens is 1. The Kier molecular flexibility index (Phi) is 4.48. The molecule has 4 heteroatoms. The Morgan fingerprint density at radius 2 is 2.12 bits per heavy atom. The molecule has 1 fully saturated rings. The lowest BCUT2D eigenvalue weighted by Crippen LogP contribution is -2.47. The van der Waals surface area contributed by atoms with Gasteiger partial charge < -0.3 is 4.57 Å². The summed E-state index contributed by atoms with van der Waals surface area (Å²) in [6.07, 6.45) is 5.31. The van der Waals surface area contributed by atoms with Crippen molar-refractivity contribution in [1.82, 2.24) is 9.47 Å². The fourth-order valence-corrected chi connectivity index (χ4v) is 4.59. The van der Waals surface area contributed by atoms with Gasteiger partial charge in [0.15, 0.2) is 0 Å². The summed E-state index contributed by atoms with van der Waals surface area (Å²) >= 11 is 0. The third kappa shape index (κ3) is 3.11. The van der Waals surface area contributed by atoms with E-state index >= 15 is 0 Å². The minimum absolute atomic E-state index is 0.123. The predicted molar refractivity (Wildman–Crippen MR) is 103 cm³/mol. The number of hydrogen-bond acceptors (Lipinski definition) is 3. The topological polar surface area (TPSA) is 49.0 Å². The van der Waals surface area contributed by atoms with Crippen molar-refractivity contribution in [2.45, 2.75) is 32.4 Å². The molecule has 2 aliphatic heterocycles. The van der Waals surface area contributed by atoms with Gasteiger partial charge in [-0.1, -0.05) is 24.3 Å². The number of benzene rings is 1. The van der Waals surface area contributed by atoms with E-state index in [2.05, 4.69) is 23.1 Å². The molecule has 0 radical (unpaired) electrons. The van der Waals surface area contributed by atoms with E-state index in [4.69, 9.17) is 5.26 Å². The molecule has 26 heavy (non-hydrogen) atoms. The van der Waals surface area contributed by atoms with Gasteiger partial charge in [-0.3, -0.25) is 9.69 Å². The zero-order chi connectivity index (χ0) is 18.1. The van der Waals surface area contributed by atoms with Gasteiger partial charge in [0.1, 0.15) is 0 Å². The van der Waals surface area contributed by atoms with Crippen LogP contribution in [-0.2, 0) is 13.1 Å². The lowest BCUT2D eigenvalue weighted by Gasteiger charge is -2.43. The minimum Gasteiger partial charge on any atom is -0.311 e. The van der Waals surface area contributed by atoms with Crippen LogP contribution in [0.4, 0.5) is 0 Å². The standard InChI is InChI=1S/C22H23N3O/c1-2-4-19-7-8-21(26)25-14-18-10-20(22(19)25)15-24(13-18)12-17-6-3-5-16(9-17)11-23/h2-9,18,20H,10,12-15H2,1H3/t18-,20-/m0/s1. The molecule has 2 aliphatic rings. The van der Waals surface area contributed by atoms with Crippen molar-refractivity contribution in [3.05, 3.63) is 75.2 Å². The van der Waals surface area contributed by atoms with Gasteiger partial charge >= 0.3 is 0 Å². The van der Waals surface area contributed by atoms with Crippen LogP contribution < -0.4 is 5.56 Å². The molecule has 4 nitrogen and oxygen atoms in total. The largest absolute Gasteiger partial charge is 0.311 e. The first-order chi connectivity index (χ1) is 12.7. The molecule has 0 spiro atoms. The maximum atomic E-state index is 12.4. The highest BCUT2D eigenvalue weighted by molar-refractivity contribution is 5.53. The normalized spacial score (nSPS) is 22.2. The van der Waals surface area contributed by atoms with Crippen molar-refractivity contribution in [2.24, 2.45) is 5.92 Å². The number of nitrogens with zero attached hydrogens (tertiary/aromatic N) is 3. The number of likely N-dealkylation sites (tertiary alicyclic amines) is 1. The molecule has 4 rings (SSSR count). The Bertz CT molecular complexity index is 951. The highest BCUT2D eigenvalue weighted by atomic mass is 16.1. The van der Waals surface area contributed by atoms with E-state index in [1.165, 1.54) is 16.8 Å².